The molecule has 0 saturated heterocycles. The normalized spacial score (nSPS) is 10.6. The van der Waals surface area contributed by atoms with E-state index in [2.05, 4.69) is 11.7 Å². The van der Waals surface area contributed by atoms with Crippen LogP contribution in [0.1, 0.15) is 90.4 Å². The highest BCUT2D eigenvalue weighted by Crippen LogP contribution is 2.12. The van der Waals surface area contributed by atoms with Gasteiger partial charge in [0.2, 0.25) is 0 Å². The predicted molar refractivity (Wildman–Crippen MR) is 97.0 cm³/mol. The third-order valence-electron chi connectivity index (χ3n) is 3.64. The van der Waals surface area contributed by atoms with Crippen molar-refractivity contribution in [1.82, 2.24) is 0 Å². The van der Waals surface area contributed by atoms with Crippen LogP contribution in [0.4, 0.5) is 4.79 Å². The van der Waals surface area contributed by atoms with Crippen LogP contribution in [0.3, 0.4) is 0 Å². The summed E-state index contributed by atoms with van der Waals surface area (Å²) < 4.78 is 9.95. The lowest BCUT2D eigenvalue weighted by Crippen LogP contribution is -2.06. The highest BCUT2D eigenvalue weighted by atomic mass is 127. The van der Waals surface area contributed by atoms with Gasteiger partial charge in [-0.25, -0.2) is 4.79 Å². The molecule has 0 aromatic heterocycles. The third-order valence-corrected chi connectivity index (χ3v) is 3.95. The minimum atomic E-state index is -0.539. The van der Waals surface area contributed by atoms with E-state index in [0.717, 1.165) is 12.8 Å². The van der Waals surface area contributed by atoms with Crippen LogP contribution in [-0.2, 0) is 9.47 Å². The molecule has 0 amide bonds. The van der Waals surface area contributed by atoms with E-state index in [1.807, 2.05) is 22.6 Å². The summed E-state index contributed by atoms with van der Waals surface area (Å²) in [7, 11) is 0. The predicted octanol–water partition coefficient (Wildman–Crippen LogP) is 6.62. The monoisotopic (exact) mass is 412 g/mol. The molecule has 0 radical (unpaired) electrons. The summed E-state index contributed by atoms with van der Waals surface area (Å²) in [5.41, 5.74) is 0. The molecule has 0 aromatic carbocycles. The molecule has 3 nitrogen and oxygen atoms in total. The van der Waals surface area contributed by atoms with Gasteiger partial charge in [0.1, 0.15) is 4.61 Å². The van der Waals surface area contributed by atoms with Gasteiger partial charge in [-0.1, -0.05) is 84.0 Å². The van der Waals surface area contributed by atoms with Crippen molar-refractivity contribution in [2.45, 2.75) is 90.4 Å². The van der Waals surface area contributed by atoms with Gasteiger partial charge >= 0.3 is 6.16 Å². The van der Waals surface area contributed by atoms with Crippen LogP contribution in [0.2, 0.25) is 0 Å². The number of carbonyl (C=O) groups excluding carboxylic acids is 1. The zero-order chi connectivity index (χ0) is 15.6. The Morgan fingerprint density at radius 2 is 1.14 bits per heavy atom. The Labute approximate surface area is 144 Å². The smallest absolute Gasteiger partial charge is 0.434 e. The summed E-state index contributed by atoms with van der Waals surface area (Å²) >= 11 is 1.98. The van der Waals surface area contributed by atoms with Crippen molar-refractivity contribution < 1.29 is 14.3 Å². The average molecular weight is 412 g/mol. The standard InChI is InChI=1S/C17H33IO3/c1-2-3-4-5-6-7-8-9-10-11-12-13-14-15-20-17(19)21-16-18/h2-16H2,1H3. The van der Waals surface area contributed by atoms with Crippen LogP contribution in [0.15, 0.2) is 0 Å². The lowest BCUT2D eigenvalue weighted by Gasteiger charge is -2.04. The Kier molecular flexibility index (Phi) is 18.1. The first-order chi connectivity index (χ1) is 10.3. The first kappa shape index (κ1) is 21.0. The molecule has 126 valence electrons. The lowest BCUT2D eigenvalue weighted by atomic mass is 10.0. The number of rotatable bonds is 15. The Bertz CT molecular complexity index is 222. The maximum Gasteiger partial charge on any atom is 0.509 e. The fourth-order valence-corrected chi connectivity index (χ4v) is 2.62. The zero-order valence-electron chi connectivity index (χ0n) is 13.7. The van der Waals surface area contributed by atoms with Gasteiger partial charge < -0.3 is 9.47 Å². The maximum absolute atomic E-state index is 10.9. The fraction of sp³-hybridized carbons (Fsp3) is 0.941. The van der Waals surface area contributed by atoms with E-state index in [1.165, 1.54) is 70.6 Å². The fourth-order valence-electron chi connectivity index (χ4n) is 2.36. The summed E-state index contributed by atoms with van der Waals surface area (Å²) in [5.74, 6) is 0. The number of unbranched alkanes of at least 4 members (excludes halogenated alkanes) is 12. The van der Waals surface area contributed by atoms with E-state index in [1.54, 1.807) is 0 Å². The molecule has 0 N–H and O–H groups in total. The molecule has 0 atom stereocenters. The SMILES string of the molecule is CCCCCCCCCCCCCCCOC(=O)OCI. The van der Waals surface area contributed by atoms with E-state index in [4.69, 9.17) is 4.74 Å². The molecule has 0 fully saturated rings. The van der Waals surface area contributed by atoms with E-state index in [-0.39, 0.29) is 0 Å². The van der Waals surface area contributed by atoms with Crippen LogP contribution in [0.25, 0.3) is 0 Å². The molecule has 0 bridgehead atoms. The number of ether oxygens (including phenoxy) is 2. The van der Waals surface area contributed by atoms with Gasteiger partial charge in [-0.05, 0) is 29.0 Å². The van der Waals surface area contributed by atoms with Gasteiger partial charge in [0.15, 0.2) is 0 Å². The minimum absolute atomic E-state index is 0.356. The molecular weight excluding hydrogens is 379 g/mol. The van der Waals surface area contributed by atoms with E-state index < -0.39 is 6.16 Å². The molecule has 21 heavy (non-hydrogen) atoms. The van der Waals surface area contributed by atoms with Crippen molar-refractivity contribution >= 4 is 28.7 Å². The molecule has 0 aliphatic rings. The lowest BCUT2D eigenvalue weighted by molar-refractivity contribution is 0.0694. The van der Waals surface area contributed by atoms with Crippen LogP contribution in [-0.4, -0.2) is 17.4 Å². The van der Waals surface area contributed by atoms with Crippen LogP contribution >= 0.6 is 22.6 Å². The molecule has 0 saturated carbocycles. The van der Waals surface area contributed by atoms with Gasteiger partial charge in [0, 0.05) is 0 Å². The van der Waals surface area contributed by atoms with Crippen molar-refractivity contribution in [3.8, 4) is 0 Å². The topological polar surface area (TPSA) is 35.5 Å². The largest absolute Gasteiger partial charge is 0.509 e. The van der Waals surface area contributed by atoms with Crippen LogP contribution in [0, 0.1) is 0 Å². The molecule has 0 spiro atoms. The maximum atomic E-state index is 10.9. The highest BCUT2D eigenvalue weighted by Gasteiger charge is 2.01. The van der Waals surface area contributed by atoms with E-state index >= 15 is 0 Å². The number of halogens is 1. The summed E-state index contributed by atoms with van der Waals surface area (Å²) in [6, 6.07) is 0. The van der Waals surface area contributed by atoms with Gasteiger partial charge in [-0.3, -0.25) is 0 Å². The number of hydrogen-bond acceptors (Lipinski definition) is 3. The van der Waals surface area contributed by atoms with Crippen LogP contribution in [0.5, 0.6) is 0 Å². The summed E-state index contributed by atoms with van der Waals surface area (Å²) in [6.07, 6.45) is 16.7. The van der Waals surface area contributed by atoms with Gasteiger partial charge in [0.05, 0.1) is 6.61 Å². The second kappa shape index (κ2) is 18.1. The summed E-state index contributed by atoms with van der Waals surface area (Å²) in [4.78, 5) is 10.9. The molecule has 0 aliphatic heterocycles. The van der Waals surface area contributed by atoms with Crippen molar-refractivity contribution in [2.75, 3.05) is 11.2 Å². The first-order valence-electron chi connectivity index (χ1n) is 8.66. The van der Waals surface area contributed by atoms with Crippen molar-refractivity contribution in [1.29, 1.82) is 0 Å². The van der Waals surface area contributed by atoms with Crippen molar-refractivity contribution in [3.63, 3.8) is 0 Å². The summed E-state index contributed by atoms with van der Waals surface area (Å²) in [5, 5.41) is 0. The Hall–Kier alpha value is 0. The number of alkyl halides is 1. The molecular formula is C17H33IO3. The van der Waals surface area contributed by atoms with Crippen molar-refractivity contribution in [3.05, 3.63) is 0 Å². The zero-order valence-corrected chi connectivity index (χ0v) is 15.9. The molecule has 4 heteroatoms. The number of hydrogen-bond donors (Lipinski definition) is 0. The third kappa shape index (κ3) is 18.0. The minimum Gasteiger partial charge on any atom is -0.434 e. The molecule has 0 unspecified atom stereocenters. The van der Waals surface area contributed by atoms with Gasteiger partial charge in [0.25, 0.3) is 0 Å². The Balaban J connectivity index is 3.01. The van der Waals surface area contributed by atoms with E-state index in [9.17, 15) is 4.79 Å². The second-order valence-electron chi connectivity index (χ2n) is 5.59. The number of carbonyl (C=O) groups is 1. The molecule has 0 aliphatic carbocycles. The van der Waals surface area contributed by atoms with Crippen molar-refractivity contribution in [2.24, 2.45) is 0 Å². The first-order valence-corrected chi connectivity index (χ1v) is 10.2. The molecule has 0 aromatic rings. The quantitative estimate of drug-likeness (QED) is 0.131. The Morgan fingerprint density at radius 1 is 0.714 bits per heavy atom. The second-order valence-corrected chi connectivity index (χ2v) is 6.22. The Morgan fingerprint density at radius 3 is 1.57 bits per heavy atom. The molecule has 0 rings (SSSR count). The summed E-state index contributed by atoms with van der Waals surface area (Å²) in [6.45, 7) is 2.76. The van der Waals surface area contributed by atoms with Gasteiger partial charge in [-0.15, -0.1) is 0 Å². The highest BCUT2D eigenvalue weighted by molar-refractivity contribution is 14.1. The van der Waals surface area contributed by atoms with Gasteiger partial charge in [-0.2, -0.15) is 0 Å². The average Bonchev–Trinajstić information content (AvgIpc) is 2.48. The van der Waals surface area contributed by atoms with Crippen LogP contribution < -0.4 is 0 Å². The molecule has 0 heterocycles. The van der Waals surface area contributed by atoms with E-state index in [0.29, 0.717) is 11.2 Å².